The van der Waals surface area contributed by atoms with Crippen LogP contribution >= 0.6 is 0 Å². The number of nitrogens with zero attached hydrogens (tertiary/aromatic N) is 3. The molecule has 0 N–H and O–H groups in total. The summed E-state index contributed by atoms with van der Waals surface area (Å²) in [6.07, 6.45) is 0.880. The molecule has 0 aromatic heterocycles. The maximum Gasteiger partial charge on any atom is 0.260 e. The fourth-order valence-electron chi connectivity index (χ4n) is 3.79. The standard InChI is InChI=1S/C16H24FN3O3/c1-3-18-9-15(8-13(18)22)10-19(12(2)21)6-7-20(11-15)14(23)16(17)4-5-16/h3-11H2,1-2H3. The molecular formula is C16H24FN3O3. The van der Waals surface area contributed by atoms with Gasteiger partial charge in [-0.05, 0) is 19.8 Å². The van der Waals surface area contributed by atoms with Crippen LogP contribution in [-0.2, 0) is 14.4 Å². The average molecular weight is 325 g/mol. The largest absolute Gasteiger partial charge is 0.342 e. The van der Waals surface area contributed by atoms with Crippen molar-refractivity contribution in [2.24, 2.45) is 5.41 Å². The first-order valence-electron chi connectivity index (χ1n) is 8.30. The molecule has 1 spiro atoms. The molecule has 0 bridgehead atoms. The molecule has 1 atom stereocenters. The van der Waals surface area contributed by atoms with Crippen LogP contribution in [0, 0.1) is 5.41 Å². The van der Waals surface area contributed by atoms with Crippen molar-refractivity contribution in [1.29, 1.82) is 0 Å². The number of likely N-dealkylation sites (tertiary alicyclic amines) is 1. The molecular weight excluding hydrogens is 301 g/mol. The summed E-state index contributed by atoms with van der Waals surface area (Å²) in [6.45, 7) is 6.09. The molecule has 128 valence electrons. The molecule has 2 heterocycles. The Morgan fingerprint density at radius 1 is 1.13 bits per heavy atom. The van der Waals surface area contributed by atoms with Gasteiger partial charge in [-0.1, -0.05) is 0 Å². The summed E-state index contributed by atoms with van der Waals surface area (Å²) < 4.78 is 14.2. The van der Waals surface area contributed by atoms with Gasteiger partial charge in [0, 0.05) is 58.0 Å². The van der Waals surface area contributed by atoms with Gasteiger partial charge in [0.05, 0.1) is 0 Å². The van der Waals surface area contributed by atoms with Crippen molar-refractivity contribution >= 4 is 17.7 Å². The van der Waals surface area contributed by atoms with Gasteiger partial charge >= 0.3 is 0 Å². The van der Waals surface area contributed by atoms with Crippen LogP contribution in [0.1, 0.15) is 33.1 Å². The van der Waals surface area contributed by atoms with Crippen LogP contribution in [0.15, 0.2) is 0 Å². The molecule has 23 heavy (non-hydrogen) atoms. The number of halogens is 1. The van der Waals surface area contributed by atoms with Gasteiger partial charge in [-0.15, -0.1) is 0 Å². The second-order valence-corrected chi connectivity index (χ2v) is 7.22. The Morgan fingerprint density at radius 3 is 2.26 bits per heavy atom. The maximum atomic E-state index is 14.2. The van der Waals surface area contributed by atoms with Crippen LogP contribution in [0.3, 0.4) is 0 Å². The zero-order chi connectivity index (χ0) is 16.8. The quantitative estimate of drug-likeness (QED) is 0.739. The van der Waals surface area contributed by atoms with E-state index in [9.17, 15) is 18.8 Å². The SMILES string of the molecule is CCN1CC2(CC1=O)CN(C(C)=O)CCN(C(=O)C1(F)CC1)C2. The van der Waals surface area contributed by atoms with Gasteiger partial charge < -0.3 is 14.7 Å². The lowest BCUT2D eigenvalue weighted by Crippen LogP contribution is -2.47. The van der Waals surface area contributed by atoms with Crippen LogP contribution in [0.5, 0.6) is 0 Å². The van der Waals surface area contributed by atoms with E-state index in [-0.39, 0.29) is 24.7 Å². The summed E-state index contributed by atoms with van der Waals surface area (Å²) in [7, 11) is 0. The average Bonchev–Trinajstić information content (AvgIpc) is 3.20. The molecule has 3 fully saturated rings. The summed E-state index contributed by atoms with van der Waals surface area (Å²) in [5, 5.41) is 0. The zero-order valence-corrected chi connectivity index (χ0v) is 13.8. The first-order valence-corrected chi connectivity index (χ1v) is 8.30. The Kier molecular flexibility index (Phi) is 3.84. The lowest BCUT2D eigenvalue weighted by atomic mass is 9.85. The Morgan fingerprint density at radius 2 is 1.74 bits per heavy atom. The number of amides is 3. The van der Waals surface area contributed by atoms with Crippen LogP contribution < -0.4 is 0 Å². The molecule has 7 heteroatoms. The van der Waals surface area contributed by atoms with Crippen molar-refractivity contribution < 1.29 is 18.8 Å². The third-order valence-electron chi connectivity index (χ3n) is 5.28. The maximum absolute atomic E-state index is 14.2. The summed E-state index contributed by atoms with van der Waals surface area (Å²) >= 11 is 0. The van der Waals surface area contributed by atoms with E-state index in [0.29, 0.717) is 45.7 Å². The molecule has 2 aliphatic heterocycles. The third kappa shape index (κ3) is 2.93. The van der Waals surface area contributed by atoms with E-state index in [1.54, 1.807) is 14.7 Å². The molecule has 0 aromatic rings. The molecule has 0 radical (unpaired) electrons. The van der Waals surface area contributed by atoms with Gasteiger partial charge in [-0.2, -0.15) is 0 Å². The van der Waals surface area contributed by atoms with E-state index < -0.39 is 17.0 Å². The Labute approximate surface area is 135 Å². The zero-order valence-electron chi connectivity index (χ0n) is 13.8. The highest BCUT2D eigenvalue weighted by Crippen LogP contribution is 2.43. The first-order chi connectivity index (χ1) is 10.8. The van der Waals surface area contributed by atoms with Gasteiger partial charge in [0.15, 0.2) is 5.67 Å². The van der Waals surface area contributed by atoms with Crippen LogP contribution in [0.2, 0.25) is 0 Å². The molecule has 3 rings (SSSR count). The molecule has 3 aliphatic rings. The van der Waals surface area contributed by atoms with Crippen molar-refractivity contribution in [2.75, 3.05) is 39.3 Å². The number of rotatable bonds is 2. The minimum atomic E-state index is -1.71. The number of hydrogen-bond donors (Lipinski definition) is 0. The highest BCUT2D eigenvalue weighted by atomic mass is 19.1. The second-order valence-electron chi connectivity index (χ2n) is 7.22. The van der Waals surface area contributed by atoms with E-state index in [0.717, 1.165) is 0 Å². The minimum Gasteiger partial charge on any atom is -0.342 e. The fourth-order valence-corrected chi connectivity index (χ4v) is 3.79. The van der Waals surface area contributed by atoms with E-state index in [1.165, 1.54) is 6.92 Å². The molecule has 0 aromatic carbocycles. The normalized spacial score (nSPS) is 29.9. The molecule has 6 nitrogen and oxygen atoms in total. The highest BCUT2D eigenvalue weighted by molar-refractivity contribution is 5.88. The summed E-state index contributed by atoms with van der Waals surface area (Å²) in [6, 6.07) is 0. The second kappa shape index (κ2) is 5.46. The molecule has 1 saturated carbocycles. The van der Waals surface area contributed by atoms with Crippen molar-refractivity contribution in [3.05, 3.63) is 0 Å². The van der Waals surface area contributed by atoms with Crippen molar-refractivity contribution in [2.45, 2.75) is 38.8 Å². The summed E-state index contributed by atoms with van der Waals surface area (Å²) in [5.74, 6) is -0.487. The van der Waals surface area contributed by atoms with Gasteiger partial charge in [-0.25, -0.2) is 4.39 Å². The Hall–Kier alpha value is -1.66. The van der Waals surface area contributed by atoms with Gasteiger partial charge in [0.25, 0.3) is 5.91 Å². The number of hydrogen-bond acceptors (Lipinski definition) is 3. The monoisotopic (exact) mass is 325 g/mol. The lowest BCUT2D eigenvalue weighted by molar-refractivity contribution is -0.139. The van der Waals surface area contributed by atoms with E-state index in [4.69, 9.17) is 0 Å². The smallest absolute Gasteiger partial charge is 0.260 e. The highest BCUT2D eigenvalue weighted by Gasteiger charge is 2.55. The predicted octanol–water partition coefficient (Wildman–Crippen LogP) is 0.418. The lowest BCUT2D eigenvalue weighted by Gasteiger charge is -2.33. The Bertz CT molecular complexity index is 549. The van der Waals surface area contributed by atoms with E-state index in [1.807, 2.05) is 6.92 Å². The van der Waals surface area contributed by atoms with Crippen molar-refractivity contribution in [3.63, 3.8) is 0 Å². The molecule has 1 unspecified atom stereocenters. The fraction of sp³-hybridized carbons (Fsp3) is 0.812. The van der Waals surface area contributed by atoms with Gasteiger partial charge in [0.1, 0.15) is 0 Å². The summed E-state index contributed by atoms with van der Waals surface area (Å²) in [5.41, 5.74) is -2.18. The predicted molar refractivity (Wildman–Crippen MR) is 81.2 cm³/mol. The van der Waals surface area contributed by atoms with Crippen LogP contribution in [0.25, 0.3) is 0 Å². The van der Waals surface area contributed by atoms with Crippen LogP contribution in [-0.4, -0.2) is 77.4 Å². The van der Waals surface area contributed by atoms with Crippen LogP contribution in [0.4, 0.5) is 4.39 Å². The molecule has 1 aliphatic carbocycles. The minimum absolute atomic E-state index is 0.0479. The molecule has 2 saturated heterocycles. The first kappa shape index (κ1) is 16.2. The van der Waals surface area contributed by atoms with Gasteiger partial charge in [0.2, 0.25) is 11.8 Å². The van der Waals surface area contributed by atoms with E-state index in [2.05, 4.69) is 0 Å². The number of carbonyl (C=O) groups excluding carboxylic acids is 3. The van der Waals surface area contributed by atoms with Crippen molar-refractivity contribution in [1.82, 2.24) is 14.7 Å². The topological polar surface area (TPSA) is 60.9 Å². The van der Waals surface area contributed by atoms with E-state index >= 15 is 0 Å². The van der Waals surface area contributed by atoms with Crippen molar-refractivity contribution in [3.8, 4) is 0 Å². The molecule has 3 amide bonds. The number of alkyl halides is 1. The van der Waals surface area contributed by atoms with Gasteiger partial charge in [-0.3, -0.25) is 14.4 Å². The Balaban J connectivity index is 1.85. The number of carbonyl (C=O) groups is 3. The summed E-state index contributed by atoms with van der Waals surface area (Å²) in [4.78, 5) is 41.5. The third-order valence-corrected chi connectivity index (χ3v) is 5.28.